The summed E-state index contributed by atoms with van der Waals surface area (Å²) >= 11 is 0. The average Bonchev–Trinajstić information content (AvgIpc) is 3.27. The van der Waals surface area contributed by atoms with Crippen molar-refractivity contribution >= 4 is 5.91 Å². The van der Waals surface area contributed by atoms with Crippen molar-refractivity contribution in [2.75, 3.05) is 19.7 Å². The molecule has 0 bridgehead atoms. The van der Waals surface area contributed by atoms with E-state index >= 15 is 0 Å². The molecular formula is C25H30N4O3. The second-order valence-electron chi connectivity index (χ2n) is 8.17. The van der Waals surface area contributed by atoms with Crippen molar-refractivity contribution in [3.8, 4) is 17.1 Å². The van der Waals surface area contributed by atoms with Crippen LogP contribution in [0.5, 0.6) is 5.75 Å². The Bertz CT molecular complexity index is 1020. The number of hydrogen-bond acceptors (Lipinski definition) is 6. The van der Waals surface area contributed by atoms with E-state index in [1.807, 2.05) is 62.4 Å². The van der Waals surface area contributed by atoms with Crippen molar-refractivity contribution < 1.29 is 14.1 Å². The Labute approximate surface area is 188 Å². The first-order valence-electron chi connectivity index (χ1n) is 11.2. The van der Waals surface area contributed by atoms with Crippen molar-refractivity contribution in [1.29, 1.82) is 0 Å². The van der Waals surface area contributed by atoms with E-state index in [0.29, 0.717) is 31.4 Å². The van der Waals surface area contributed by atoms with Gasteiger partial charge in [0.15, 0.2) is 0 Å². The molecule has 1 saturated heterocycles. The standard InChI is InChI=1S/C25H30N4O3/c1-3-31-21-10-8-19(9-11-21)16-26-25(30)20-12-14-29(15-13-20)17-23-27-24(28-32-23)22-7-5-4-6-18(22)2/h4-11,20H,3,12-17H2,1-2H3,(H,26,30). The lowest BCUT2D eigenvalue weighted by Crippen LogP contribution is -2.40. The summed E-state index contributed by atoms with van der Waals surface area (Å²) < 4.78 is 10.9. The number of piperidine rings is 1. The zero-order valence-electron chi connectivity index (χ0n) is 18.7. The van der Waals surface area contributed by atoms with Crippen LogP contribution in [-0.4, -0.2) is 40.6 Å². The second kappa shape index (κ2) is 10.4. The Morgan fingerprint density at radius 1 is 1.16 bits per heavy atom. The quantitative estimate of drug-likeness (QED) is 0.578. The normalized spacial score (nSPS) is 14.9. The van der Waals surface area contributed by atoms with Crippen LogP contribution in [0.15, 0.2) is 53.1 Å². The SMILES string of the molecule is CCOc1ccc(CNC(=O)C2CCN(Cc3nc(-c4ccccc4C)no3)CC2)cc1. The van der Waals surface area contributed by atoms with E-state index < -0.39 is 0 Å². The van der Waals surface area contributed by atoms with Gasteiger partial charge in [0.2, 0.25) is 17.6 Å². The molecule has 1 aliphatic rings. The maximum absolute atomic E-state index is 12.6. The fourth-order valence-electron chi connectivity index (χ4n) is 4.00. The smallest absolute Gasteiger partial charge is 0.241 e. The number of carbonyl (C=O) groups excluding carboxylic acids is 1. The molecule has 0 aliphatic carbocycles. The minimum atomic E-state index is 0.0409. The van der Waals surface area contributed by atoms with Crippen molar-refractivity contribution in [3.05, 3.63) is 65.5 Å². The third-order valence-electron chi connectivity index (χ3n) is 5.87. The molecule has 1 N–H and O–H groups in total. The van der Waals surface area contributed by atoms with Crippen LogP contribution in [0.3, 0.4) is 0 Å². The molecule has 168 valence electrons. The molecule has 4 rings (SSSR count). The summed E-state index contributed by atoms with van der Waals surface area (Å²) in [5.41, 5.74) is 3.18. The summed E-state index contributed by atoms with van der Waals surface area (Å²) in [6.45, 7) is 7.47. The second-order valence-corrected chi connectivity index (χ2v) is 8.17. The Balaban J connectivity index is 1.23. The highest BCUT2D eigenvalue weighted by Gasteiger charge is 2.26. The van der Waals surface area contributed by atoms with Gasteiger partial charge in [-0.1, -0.05) is 41.6 Å². The molecule has 32 heavy (non-hydrogen) atoms. The van der Waals surface area contributed by atoms with Gasteiger partial charge in [-0.3, -0.25) is 9.69 Å². The number of nitrogens with zero attached hydrogens (tertiary/aromatic N) is 3. The van der Waals surface area contributed by atoms with Crippen LogP contribution in [-0.2, 0) is 17.9 Å². The fourth-order valence-corrected chi connectivity index (χ4v) is 4.00. The van der Waals surface area contributed by atoms with E-state index in [-0.39, 0.29) is 11.8 Å². The summed E-state index contributed by atoms with van der Waals surface area (Å²) in [5, 5.41) is 7.21. The Kier molecular flexibility index (Phi) is 7.17. The van der Waals surface area contributed by atoms with Gasteiger partial charge >= 0.3 is 0 Å². The number of nitrogens with one attached hydrogen (secondary N) is 1. The van der Waals surface area contributed by atoms with E-state index in [2.05, 4.69) is 20.4 Å². The zero-order chi connectivity index (χ0) is 22.3. The molecule has 1 fully saturated rings. The van der Waals surface area contributed by atoms with E-state index in [0.717, 1.165) is 48.4 Å². The minimum absolute atomic E-state index is 0.0409. The first kappa shape index (κ1) is 22.0. The number of ether oxygens (including phenoxy) is 1. The maximum atomic E-state index is 12.6. The van der Waals surface area contributed by atoms with Crippen LogP contribution in [0.2, 0.25) is 0 Å². The summed E-state index contributed by atoms with van der Waals surface area (Å²) in [4.78, 5) is 19.4. The summed E-state index contributed by atoms with van der Waals surface area (Å²) in [7, 11) is 0. The predicted octanol–water partition coefficient (Wildman–Crippen LogP) is 3.97. The van der Waals surface area contributed by atoms with Gasteiger partial charge in [-0.15, -0.1) is 0 Å². The minimum Gasteiger partial charge on any atom is -0.494 e. The lowest BCUT2D eigenvalue weighted by Gasteiger charge is -2.30. The predicted molar refractivity (Wildman–Crippen MR) is 122 cm³/mol. The van der Waals surface area contributed by atoms with Gasteiger partial charge in [0, 0.05) is 18.0 Å². The summed E-state index contributed by atoms with van der Waals surface area (Å²) in [6, 6.07) is 15.9. The zero-order valence-corrected chi connectivity index (χ0v) is 18.7. The molecule has 3 aromatic rings. The summed E-state index contributed by atoms with van der Waals surface area (Å²) in [6.07, 6.45) is 1.65. The molecule has 0 atom stereocenters. The van der Waals surface area contributed by atoms with Crippen molar-refractivity contribution in [2.24, 2.45) is 5.92 Å². The fraction of sp³-hybridized carbons (Fsp3) is 0.400. The largest absolute Gasteiger partial charge is 0.494 e. The number of likely N-dealkylation sites (tertiary alicyclic amines) is 1. The first-order chi connectivity index (χ1) is 15.6. The number of aryl methyl sites for hydroxylation is 1. The molecule has 7 nitrogen and oxygen atoms in total. The third kappa shape index (κ3) is 5.53. The number of amides is 1. The number of benzene rings is 2. The third-order valence-corrected chi connectivity index (χ3v) is 5.87. The van der Waals surface area contributed by atoms with Gasteiger partial charge in [0.25, 0.3) is 0 Å². The topological polar surface area (TPSA) is 80.5 Å². The van der Waals surface area contributed by atoms with Crippen LogP contribution < -0.4 is 10.1 Å². The molecule has 0 unspecified atom stereocenters. The van der Waals surface area contributed by atoms with Gasteiger partial charge in [-0.05, 0) is 63.0 Å². The van der Waals surface area contributed by atoms with E-state index in [1.165, 1.54) is 0 Å². The Hall–Kier alpha value is -3.19. The highest BCUT2D eigenvalue weighted by atomic mass is 16.5. The molecule has 2 aromatic carbocycles. The number of carbonyl (C=O) groups is 1. The van der Waals surface area contributed by atoms with Gasteiger partial charge < -0.3 is 14.6 Å². The highest BCUT2D eigenvalue weighted by Crippen LogP contribution is 2.22. The van der Waals surface area contributed by atoms with Crippen LogP contribution in [0, 0.1) is 12.8 Å². The van der Waals surface area contributed by atoms with E-state index in [4.69, 9.17) is 9.26 Å². The van der Waals surface area contributed by atoms with Crippen LogP contribution in [0.1, 0.15) is 36.8 Å². The molecule has 7 heteroatoms. The lowest BCUT2D eigenvalue weighted by molar-refractivity contribution is -0.126. The van der Waals surface area contributed by atoms with Crippen LogP contribution in [0.4, 0.5) is 0 Å². The maximum Gasteiger partial charge on any atom is 0.241 e. The average molecular weight is 435 g/mol. The van der Waals surface area contributed by atoms with Crippen molar-refractivity contribution in [1.82, 2.24) is 20.4 Å². The molecule has 2 heterocycles. The van der Waals surface area contributed by atoms with Crippen LogP contribution in [0.25, 0.3) is 11.4 Å². The van der Waals surface area contributed by atoms with Crippen LogP contribution >= 0.6 is 0 Å². The van der Waals surface area contributed by atoms with E-state index in [1.54, 1.807) is 0 Å². The lowest BCUT2D eigenvalue weighted by atomic mass is 9.96. The van der Waals surface area contributed by atoms with Gasteiger partial charge in [-0.2, -0.15) is 4.98 Å². The number of hydrogen-bond donors (Lipinski definition) is 1. The monoisotopic (exact) mass is 434 g/mol. The Morgan fingerprint density at radius 3 is 2.62 bits per heavy atom. The molecule has 0 radical (unpaired) electrons. The van der Waals surface area contributed by atoms with Gasteiger partial charge in [-0.25, -0.2) is 0 Å². The highest BCUT2D eigenvalue weighted by molar-refractivity contribution is 5.78. The molecular weight excluding hydrogens is 404 g/mol. The van der Waals surface area contributed by atoms with Gasteiger partial charge in [0.1, 0.15) is 5.75 Å². The number of aromatic nitrogens is 2. The first-order valence-corrected chi connectivity index (χ1v) is 11.2. The number of rotatable bonds is 8. The van der Waals surface area contributed by atoms with Crippen molar-refractivity contribution in [2.45, 2.75) is 39.8 Å². The molecule has 1 aromatic heterocycles. The van der Waals surface area contributed by atoms with E-state index in [9.17, 15) is 4.79 Å². The summed E-state index contributed by atoms with van der Waals surface area (Å²) in [5.74, 6) is 2.25. The molecule has 0 spiro atoms. The molecule has 0 saturated carbocycles. The van der Waals surface area contributed by atoms with Crippen molar-refractivity contribution in [3.63, 3.8) is 0 Å². The molecule has 1 amide bonds. The Morgan fingerprint density at radius 2 is 1.91 bits per heavy atom. The van der Waals surface area contributed by atoms with Gasteiger partial charge in [0.05, 0.1) is 13.2 Å². The molecule has 1 aliphatic heterocycles.